The van der Waals surface area contributed by atoms with Gasteiger partial charge in [-0.1, -0.05) is 19.0 Å². The minimum absolute atomic E-state index is 0.0716. The van der Waals surface area contributed by atoms with Gasteiger partial charge in [0.25, 0.3) is 5.89 Å². The molecule has 0 bridgehead atoms. The van der Waals surface area contributed by atoms with E-state index in [-0.39, 0.29) is 6.10 Å². The van der Waals surface area contributed by atoms with Crippen LogP contribution in [-0.4, -0.2) is 27.8 Å². The van der Waals surface area contributed by atoms with Gasteiger partial charge in [-0.15, -0.1) is 0 Å². The Labute approximate surface area is 172 Å². The topological polar surface area (TPSA) is 70.3 Å². The molecule has 0 atom stereocenters. The number of aryl methyl sites for hydroxylation is 3. The molecule has 0 amide bonds. The molecule has 0 aliphatic rings. The molecule has 0 spiro atoms. The van der Waals surface area contributed by atoms with Gasteiger partial charge in [-0.3, -0.25) is 0 Å². The maximum absolute atomic E-state index is 5.94. The van der Waals surface area contributed by atoms with Crippen LogP contribution in [0.4, 0.5) is 0 Å². The zero-order chi connectivity index (χ0) is 21.0. The van der Waals surface area contributed by atoms with Crippen molar-refractivity contribution in [1.29, 1.82) is 0 Å². The molecule has 0 unspecified atom stereocenters. The summed E-state index contributed by atoms with van der Waals surface area (Å²) in [4.78, 5) is 8.98. The standard InChI is InChI=1S/C23H29N3O3/c1-7-9-27-20-15(5)10-18(12-17(20)8-2)21-25-23(29-26-21)19-11-16(6)22(24-13-19)28-14(3)4/h10-14H,7-9H2,1-6H3. The highest BCUT2D eigenvalue weighted by molar-refractivity contribution is 5.64. The molecule has 0 N–H and O–H groups in total. The van der Waals surface area contributed by atoms with E-state index in [0.717, 1.165) is 46.4 Å². The van der Waals surface area contributed by atoms with Crippen molar-refractivity contribution in [1.82, 2.24) is 15.1 Å². The van der Waals surface area contributed by atoms with Crippen LogP contribution in [0, 0.1) is 13.8 Å². The van der Waals surface area contributed by atoms with E-state index in [9.17, 15) is 0 Å². The van der Waals surface area contributed by atoms with Crippen molar-refractivity contribution in [2.75, 3.05) is 6.61 Å². The summed E-state index contributed by atoms with van der Waals surface area (Å²) in [6.45, 7) is 12.9. The second-order valence-electron chi connectivity index (χ2n) is 7.42. The number of benzene rings is 1. The molecular formula is C23H29N3O3. The molecule has 0 aliphatic heterocycles. The molecule has 154 valence electrons. The molecule has 0 aliphatic carbocycles. The lowest BCUT2D eigenvalue weighted by atomic mass is 10.0. The number of pyridine rings is 1. The predicted octanol–water partition coefficient (Wildman–Crippen LogP) is 5.55. The highest BCUT2D eigenvalue weighted by Gasteiger charge is 2.16. The van der Waals surface area contributed by atoms with Crippen molar-refractivity contribution in [3.05, 3.63) is 41.1 Å². The summed E-state index contributed by atoms with van der Waals surface area (Å²) in [7, 11) is 0. The van der Waals surface area contributed by atoms with Crippen LogP contribution in [0.5, 0.6) is 11.6 Å². The molecule has 6 heteroatoms. The molecule has 3 aromatic rings. The Morgan fingerprint density at radius 3 is 2.45 bits per heavy atom. The van der Waals surface area contributed by atoms with E-state index in [4.69, 9.17) is 14.0 Å². The lowest BCUT2D eigenvalue weighted by molar-refractivity contribution is 0.231. The highest BCUT2D eigenvalue weighted by atomic mass is 16.5. The van der Waals surface area contributed by atoms with E-state index in [1.807, 2.05) is 32.9 Å². The first-order valence-electron chi connectivity index (χ1n) is 10.2. The molecule has 0 saturated carbocycles. The van der Waals surface area contributed by atoms with E-state index in [2.05, 4.69) is 42.0 Å². The summed E-state index contributed by atoms with van der Waals surface area (Å²) in [5, 5.41) is 4.19. The van der Waals surface area contributed by atoms with Gasteiger partial charge in [0.2, 0.25) is 11.7 Å². The summed E-state index contributed by atoms with van der Waals surface area (Å²) in [5.74, 6) is 2.57. The Morgan fingerprint density at radius 2 is 1.79 bits per heavy atom. The van der Waals surface area contributed by atoms with Crippen molar-refractivity contribution in [3.63, 3.8) is 0 Å². The summed E-state index contributed by atoms with van der Waals surface area (Å²) in [6, 6.07) is 6.07. The molecule has 3 rings (SSSR count). The van der Waals surface area contributed by atoms with Crippen LogP contribution in [-0.2, 0) is 6.42 Å². The maximum atomic E-state index is 5.94. The lowest BCUT2D eigenvalue weighted by Gasteiger charge is -2.14. The van der Waals surface area contributed by atoms with Crippen molar-refractivity contribution in [2.45, 2.75) is 60.5 Å². The number of ether oxygens (including phenoxy) is 2. The minimum Gasteiger partial charge on any atom is -0.493 e. The van der Waals surface area contributed by atoms with Crippen LogP contribution in [0.15, 0.2) is 28.9 Å². The van der Waals surface area contributed by atoms with Crippen LogP contribution < -0.4 is 9.47 Å². The van der Waals surface area contributed by atoms with Crippen LogP contribution in [0.1, 0.15) is 50.8 Å². The fourth-order valence-corrected chi connectivity index (χ4v) is 3.13. The van der Waals surface area contributed by atoms with Gasteiger partial charge in [0.1, 0.15) is 5.75 Å². The first-order valence-corrected chi connectivity index (χ1v) is 10.2. The number of hydrogen-bond acceptors (Lipinski definition) is 6. The van der Waals surface area contributed by atoms with E-state index < -0.39 is 0 Å². The highest BCUT2D eigenvalue weighted by Crippen LogP contribution is 2.31. The lowest BCUT2D eigenvalue weighted by Crippen LogP contribution is -2.08. The first kappa shape index (κ1) is 20.8. The van der Waals surface area contributed by atoms with Crippen molar-refractivity contribution >= 4 is 0 Å². The summed E-state index contributed by atoms with van der Waals surface area (Å²) in [5.41, 5.74) is 4.84. The Kier molecular flexibility index (Phi) is 6.52. The Morgan fingerprint density at radius 1 is 1.03 bits per heavy atom. The number of rotatable bonds is 8. The molecule has 0 radical (unpaired) electrons. The number of aromatic nitrogens is 3. The average molecular weight is 396 g/mol. The monoisotopic (exact) mass is 395 g/mol. The molecule has 1 aromatic carbocycles. The third-order valence-corrected chi connectivity index (χ3v) is 4.49. The van der Waals surface area contributed by atoms with Gasteiger partial charge in [0, 0.05) is 17.3 Å². The molecule has 0 saturated heterocycles. The third kappa shape index (κ3) is 4.75. The SMILES string of the molecule is CCCOc1c(C)cc(-c2noc(-c3cnc(OC(C)C)c(C)c3)n2)cc1CC. The molecular weight excluding hydrogens is 366 g/mol. The Balaban J connectivity index is 1.90. The normalized spacial score (nSPS) is 11.1. The Bertz CT molecular complexity index is 979. The molecule has 0 fully saturated rings. The second-order valence-corrected chi connectivity index (χ2v) is 7.42. The van der Waals surface area contributed by atoms with E-state index in [1.54, 1.807) is 6.20 Å². The van der Waals surface area contributed by atoms with Crippen molar-refractivity contribution < 1.29 is 14.0 Å². The van der Waals surface area contributed by atoms with Gasteiger partial charge in [0.05, 0.1) is 18.3 Å². The Hall–Kier alpha value is -2.89. The number of hydrogen-bond donors (Lipinski definition) is 0. The van der Waals surface area contributed by atoms with Gasteiger partial charge >= 0.3 is 0 Å². The number of nitrogens with zero attached hydrogens (tertiary/aromatic N) is 3. The van der Waals surface area contributed by atoms with Crippen LogP contribution in [0.25, 0.3) is 22.8 Å². The van der Waals surface area contributed by atoms with Crippen LogP contribution in [0.2, 0.25) is 0 Å². The summed E-state index contributed by atoms with van der Waals surface area (Å²) < 4.78 is 17.2. The van der Waals surface area contributed by atoms with Gasteiger partial charge in [0.15, 0.2) is 0 Å². The van der Waals surface area contributed by atoms with E-state index in [0.29, 0.717) is 24.2 Å². The molecule has 6 nitrogen and oxygen atoms in total. The zero-order valence-electron chi connectivity index (χ0n) is 18.1. The van der Waals surface area contributed by atoms with Crippen LogP contribution in [0.3, 0.4) is 0 Å². The van der Waals surface area contributed by atoms with Gasteiger partial charge in [-0.2, -0.15) is 4.98 Å². The van der Waals surface area contributed by atoms with Gasteiger partial charge in [-0.05, 0) is 69.9 Å². The van der Waals surface area contributed by atoms with Crippen molar-refractivity contribution in [2.24, 2.45) is 0 Å². The van der Waals surface area contributed by atoms with E-state index in [1.165, 1.54) is 0 Å². The largest absolute Gasteiger partial charge is 0.493 e. The second kappa shape index (κ2) is 9.07. The zero-order valence-corrected chi connectivity index (χ0v) is 18.1. The predicted molar refractivity (Wildman–Crippen MR) is 113 cm³/mol. The van der Waals surface area contributed by atoms with E-state index >= 15 is 0 Å². The summed E-state index contributed by atoms with van der Waals surface area (Å²) in [6.07, 6.45) is 3.63. The first-order chi connectivity index (χ1) is 13.9. The molecule has 29 heavy (non-hydrogen) atoms. The summed E-state index contributed by atoms with van der Waals surface area (Å²) >= 11 is 0. The maximum Gasteiger partial charge on any atom is 0.259 e. The van der Waals surface area contributed by atoms with Crippen LogP contribution >= 0.6 is 0 Å². The molecule has 2 heterocycles. The third-order valence-electron chi connectivity index (χ3n) is 4.49. The average Bonchev–Trinajstić information content (AvgIpc) is 3.18. The smallest absolute Gasteiger partial charge is 0.259 e. The van der Waals surface area contributed by atoms with Gasteiger partial charge in [-0.25, -0.2) is 4.98 Å². The molecule has 2 aromatic heterocycles. The fourth-order valence-electron chi connectivity index (χ4n) is 3.13. The fraction of sp³-hybridized carbons (Fsp3) is 0.435. The minimum atomic E-state index is 0.0716. The van der Waals surface area contributed by atoms with Gasteiger partial charge < -0.3 is 14.0 Å². The van der Waals surface area contributed by atoms with Crippen molar-refractivity contribution in [3.8, 4) is 34.5 Å². The quantitative estimate of drug-likeness (QED) is 0.498.